The Bertz CT molecular complexity index is 1120. The largest absolute Gasteiger partial charge is 0.508 e. The minimum Gasteiger partial charge on any atom is -0.508 e. The lowest BCUT2D eigenvalue weighted by molar-refractivity contribution is 0.340. The van der Waals surface area contributed by atoms with E-state index < -0.39 is 6.17 Å². The summed E-state index contributed by atoms with van der Waals surface area (Å²) in [6.45, 7) is 2.56. The first-order chi connectivity index (χ1) is 14.9. The minimum absolute atomic E-state index is 0.176. The Hall–Kier alpha value is -2.22. The highest BCUT2D eigenvalue weighted by Crippen LogP contribution is 2.36. The molecule has 3 aromatic rings. The van der Waals surface area contributed by atoms with E-state index in [9.17, 15) is 9.50 Å². The third kappa shape index (κ3) is 5.00. The topological polar surface area (TPSA) is 53.8 Å². The smallest absolute Gasteiger partial charge is 0.137 e. The summed E-state index contributed by atoms with van der Waals surface area (Å²) in [7, 11) is 0. The number of phenolic OH excluding ortho intramolecular Hbond substituents is 1. The van der Waals surface area contributed by atoms with Crippen LogP contribution in [0.15, 0.2) is 74.6 Å². The number of hydrogen-bond donors (Lipinski definition) is 2. The Kier molecular flexibility index (Phi) is 6.74. The van der Waals surface area contributed by atoms with Gasteiger partial charge < -0.3 is 9.84 Å². The van der Waals surface area contributed by atoms with Crippen LogP contribution in [0.3, 0.4) is 0 Å². The van der Waals surface area contributed by atoms with Crippen LogP contribution in [-0.4, -0.2) is 17.4 Å². The van der Waals surface area contributed by atoms with Gasteiger partial charge in [-0.25, -0.2) is 4.39 Å². The molecule has 1 aliphatic rings. The molecular weight excluding hydrogens is 527 g/mol. The van der Waals surface area contributed by atoms with Gasteiger partial charge in [0.25, 0.3) is 0 Å². The van der Waals surface area contributed by atoms with Gasteiger partial charge in [0, 0.05) is 28.2 Å². The fraction of sp³-hybridized carbons (Fsp3) is 0.208. The van der Waals surface area contributed by atoms with E-state index in [-0.39, 0.29) is 17.6 Å². The highest BCUT2D eigenvalue weighted by atomic mass is 79.9. The predicted octanol–water partition coefficient (Wildman–Crippen LogP) is 6.68. The third-order valence-electron chi connectivity index (χ3n) is 5.16. The number of hydrogen-bond acceptors (Lipinski definition) is 4. The van der Waals surface area contributed by atoms with Crippen LogP contribution in [-0.2, 0) is 0 Å². The highest BCUT2D eigenvalue weighted by molar-refractivity contribution is 9.10. The van der Waals surface area contributed by atoms with Crippen molar-refractivity contribution in [3.63, 3.8) is 0 Å². The fourth-order valence-corrected chi connectivity index (χ4v) is 4.42. The Labute approximate surface area is 197 Å². The molecule has 0 amide bonds. The first-order valence-electron chi connectivity index (χ1n) is 9.94. The second kappa shape index (κ2) is 9.51. The molecule has 1 aliphatic heterocycles. The quantitative estimate of drug-likeness (QED) is 0.374. The first-order valence-corrected chi connectivity index (χ1v) is 11.5. The van der Waals surface area contributed by atoms with Crippen LogP contribution in [0.2, 0.25) is 0 Å². The van der Waals surface area contributed by atoms with E-state index in [2.05, 4.69) is 37.2 Å². The van der Waals surface area contributed by atoms with Gasteiger partial charge in [-0.3, -0.25) is 10.3 Å². The third-order valence-corrected chi connectivity index (χ3v) is 6.27. The summed E-state index contributed by atoms with van der Waals surface area (Å²) >= 11 is 6.76. The van der Waals surface area contributed by atoms with Crippen LogP contribution < -0.4 is 10.1 Å². The molecule has 31 heavy (non-hydrogen) atoms. The average Bonchev–Trinajstić information content (AvgIpc) is 2.78. The maximum Gasteiger partial charge on any atom is 0.137 e. The number of aromatic hydroxyl groups is 1. The van der Waals surface area contributed by atoms with Crippen LogP contribution in [0.25, 0.3) is 0 Å². The van der Waals surface area contributed by atoms with E-state index in [1.54, 1.807) is 24.3 Å². The van der Waals surface area contributed by atoms with Crippen molar-refractivity contribution in [1.82, 2.24) is 5.32 Å². The summed E-state index contributed by atoms with van der Waals surface area (Å²) in [5.74, 6) is 0.699. The van der Waals surface area contributed by atoms with E-state index >= 15 is 0 Å². The van der Waals surface area contributed by atoms with Crippen LogP contribution in [0.4, 0.5) is 4.39 Å². The molecule has 3 aromatic carbocycles. The molecule has 0 saturated heterocycles. The minimum atomic E-state index is -0.393. The summed E-state index contributed by atoms with van der Waals surface area (Å²) < 4.78 is 20.6. The van der Waals surface area contributed by atoms with Gasteiger partial charge in [0.05, 0.1) is 11.1 Å². The van der Waals surface area contributed by atoms with Crippen molar-refractivity contribution in [2.75, 3.05) is 6.61 Å². The molecule has 0 saturated carbocycles. The number of aliphatic imine (C=N–C) groups is 1. The molecule has 0 aromatic heterocycles. The Morgan fingerprint density at radius 3 is 2.58 bits per heavy atom. The second-order valence-electron chi connectivity index (χ2n) is 7.24. The molecule has 1 heterocycles. The maximum absolute atomic E-state index is 13.8. The van der Waals surface area contributed by atoms with E-state index in [1.165, 1.54) is 6.07 Å². The summed E-state index contributed by atoms with van der Waals surface area (Å²) in [6.07, 6.45) is 0.201. The lowest BCUT2D eigenvalue weighted by Crippen LogP contribution is -2.33. The number of rotatable bonds is 5. The number of nitrogens with zero attached hydrogens (tertiary/aromatic N) is 1. The Morgan fingerprint density at radius 1 is 1.10 bits per heavy atom. The molecule has 0 spiro atoms. The van der Waals surface area contributed by atoms with Crippen LogP contribution in [0.1, 0.15) is 42.2 Å². The molecule has 4 rings (SSSR count). The number of phenols is 1. The Balaban J connectivity index is 1.74. The molecule has 0 bridgehead atoms. The lowest BCUT2D eigenvalue weighted by Gasteiger charge is -2.31. The van der Waals surface area contributed by atoms with Gasteiger partial charge >= 0.3 is 0 Å². The van der Waals surface area contributed by atoms with Gasteiger partial charge in [-0.15, -0.1) is 0 Å². The normalized spacial score (nSPS) is 18.5. The molecule has 0 radical (unpaired) electrons. The van der Waals surface area contributed by atoms with Crippen molar-refractivity contribution in [2.24, 2.45) is 4.99 Å². The van der Waals surface area contributed by atoms with Crippen molar-refractivity contribution in [3.05, 3.63) is 92.1 Å². The lowest BCUT2D eigenvalue weighted by atomic mass is 9.93. The summed E-state index contributed by atoms with van der Waals surface area (Å²) in [4.78, 5) is 4.92. The standard InChI is InChI=1S/C24H21Br2FN2O2/c1-2-31-17-7-3-14(4-8-17)21-13-22(18-12-16(25)6-10-23(18)30)29-24(28-21)15-5-9-20(27)19(26)11-15/h3-12,22,24,29-30H,2,13H2,1H3/t22-,24+/m1/s1. The summed E-state index contributed by atoms with van der Waals surface area (Å²) in [5, 5.41) is 14.0. The van der Waals surface area contributed by atoms with Gasteiger partial charge in [0.1, 0.15) is 23.5 Å². The van der Waals surface area contributed by atoms with Gasteiger partial charge in [0.15, 0.2) is 0 Å². The van der Waals surface area contributed by atoms with Crippen LogP contribution in [0, 0.1) is 5.82 Å². The number of nitrogens with one attached hydrogen (secondary N) is 1. The average molecular weight is 548 g/mol. The van der Waals surface area contributed by atoms with Gasteiger partial charge in [-0.2, -0.15) is 0 Å². The van der Waals surface area contributed by atoms with E-state index in [0.717, 1.165) is 32.6 Å². The van der Waals surface area contributed by atoms with Crippen LogP contribution >= 0.6 is 31.9 Å². The Morgan fingerprint density at radius 2 is 1.87 bits per heavy atom. The zero-order chi connectivity index (χ0) is 22.0. The van der Waals surface area contributed by atoms with Gasteiger partial charge in [-0.1, -0.05) is 22.0 Å². The van der Waals surface area contributed by atoms with Crippen molar-refractivity contribution in [2.45, 2.75) is 25.6 Å². The molecule has 7 heteroatoms. The van der Waals surface area contributed by atoms with Crippen molar-refractivity contribution in [1.29, 1.82) is 0 Å². The van der Waals surface area contributed by atoms with Crippen molar-refractivity contribution in [3.8, 4) is 11.5 Å². The molecule has 0 fully saturated rings. The molecule has 4 nitrogen and oxygen atoms in total. The molecule has 160 valence electrons. The second-order valence-corrected chi connectivity index (χ2v) is 9.01. The number of halogens is 3. The summed E-state index contributed by atoms with van der Waals surface area (Å²) in [6, 6.07) is 17.9. The molecule has 2 atom stereocenters. The van der Waals surface area contributed by atoms with Crippen molar-refractivity contribution < 1.29 is 14.2 Å². The maximum atomic E-state index is 13.8. The highest BCUT2D eigenvalue weighted by Gasteiger charge is 2.28. The predicted molar refractivity (Wildman–Crippen MR) is 127 cm³/mol. The monoisotopic (exact) mass is 546 g/mol. The van der Waals surface area contributed by atoms with Gasteiger partial charge in [0.2, 0.25) is 0 Å². The van der Waals surface area contributed by atoms with Crippen molar-refractivity contribution >= 4 is 37.6 Å². The molecule has 2 N–H and O–H groups in total. The van der Waals surface area contributed by atoms with E-state index in [4.69, 9.17) is 9.73 Å². The zero-order valence-corrected chi connectivity index (χ0v) is 20.0. The molecular formula is C24H21Br2FN2O2. The number of ether oxygens (including phenoxy) is 1. The van der Waals surface area contributed by atoms with E-state index in [1.807, 2.05) is 37.3 Å². The van der Waals surface area contributed by atoms with Crippen LogP contribution in [0.5, 0.6) is 11.5 Å². The zero-order valence-electron chi connectivity index (χ0n) is 16.8. The fourth-order valence-electron chi connectivity index (χ4n) is 3.65. The SMILES string of the molecule is CCOc1ccc(C2=N[C@H](c3ccc(F)c(Br)c3)N[C@@H](c3cc(Br)ccc3O)C2)cc1. The molecule has 0 unspecified atom stereocenters. The molecule has 0 aliphatic carbocycles. The van der Waals surface area contributed by atoms with Gasteiger partial charge in [-0.05, 0) is 88.6 Å². The summed E-state index contributed by atoms with van der Waals surface area (Å²) in [5.41, 5.74) is 3.49. The number of benzene rings is 3. The first kappa shape index (κ1) is 22.0. The van der Waals surface area contributed by atoms with E-state index in [0.29, 0.717) is 17.5 Å².